The zero-order valence-corrected chi connectivity index (χ0v) is 12.7. The van der Waals surface area contributed by atoms with E-state index >= 15 is 0 Å². The van der Waals surface area contributed by atoms with Crippen molar-refractivity contribution in [3.63, 3.8) is 0 Å². The monoisotopic (exact) mass is 293 g/mol. The third kappa shape index (κ3) is 4.58. The molecule has 6 heteroatoms. The van der Waals surface area contributed by atoms with Crippen molar-refractivity contribution >= 4 is 5.91 Å². The first-order valence-electron chi connectivity index (χ1n) is 7.53. The summed E-state index contributed by atoms with van der Waals surface area (Å²) in [5, 5.41) is 0. The number of aromatic nitrogens is 2. The number of ether oxygens (including phenoxy) is 2. The van der Waals surface area contributed by atoms with Gasteiger partial charge in [-0.3, -0.25) is 9.78 Å². The molecule has 6 nitrogen and oxygen atoms in total. The van der Waals surface area contributed by atoms with Gasteiger partial charge in [0.25, 0.3) is 0 Å². The second kappa shape index (κ2) is 7.81. The first-order chi connectivity index (χ1) is 10.2. The summed E-state index contributed by atoms with van der Waals surface area (Å²) in [5.41, 5.74) is 0. The molecule has 0 aliphatic carbocycles. The summed E-state index contributed by atoms with van der Waals surface area (Å²) >= 11 is 0. The number of carbonyl (C=O) groups is 1. The molecular weight excluding hydrogens is 270 g/mol. The van der Waals surface area contributed by atoms with Crippen molar-refractivity contribution in [1.82, 2.24) is 14.9 Å². The van der Waals surface area contributed by atoms with E-state index in [9.17, 15) is 4.79 Å². The van der Waals surface area contributed by atoms with Gasteiger partial charge in [0.2, 0.25) is 17.7 Å². The summed E-state index contributed by atoms with van der Waals surface area (Å²) in [6.07, 6.45) is 7.58. The van der Waals surface area contributed by atoms with Gasteiger partial charge in [-0.15, -0.1) is 0 Å². The Balaban J connectivity index is 1.90. The first kappa shape index (κ1) is 15.5. The highest BCUT2D eigenvalue weighted by Crippen LogP contribution is 2.18. The summed E-state index contributed by atoms with van der Waals surface area (Å²) in [6.45, 7) is 3.55. The Morgan fingerprint density at radius 3 is 3.00 bits per heavy atom. The van der Waals surface area contributed by atoms with Crippen LogP contribution in [0.2, 0.25) is 0 Å². The SMILES string of the molecule is CCCCC(=O)N1CCCC(Oc2cncc(OC)n2)C1. The number of nitrogens with zero attached hydrogens (tertiary/aromatic N) is 3. The second-order valence-electron chi connectivity index (χ2n) is 5.23. The van der Waals surface area contributed by atoms with Crippen molar-refractivity contribution in [2.45, 2.75) is 45.1 Å². The quantitative estimate of drug-likeness (QED) is 0.803. The summed E-state index contributed by atoms with van der Waals surface area (Å²) in [5.74, 6) is 1.10. The molecule has 1 aliphatic rings. The number of piperidine rings is 1. The first-order valence-corrected chi connectivity index (χ1v) is 7.53. The van der Waals surface area contributed by atoms with E-state index < -0.39 is 0 Å². The van der Waals surface area contributed by atoms with E-state index in [1.165, 1.54) is 6.20 Å². The molecular formula is C15H23N3O3. The molecule has 116 valence electrons. The standard InChI is InChI=1S/C15H23N3O3/c1-3-4-7-15(19)18-8-5-6-12(11-18)21-14-10-16-9-13(17-14)20-2/h9-10,12H,3-8,11H2,1-2H3. The van der Waals surface area contributed by atoms with Crippen molar-refractivity contribution in [3.05, 3.63) is 12.4 Å². The van der Waals surface area contributed by atoms with E-state index in [4.69, 9.17) is 9.47 Å². The Labute approximate surface area is 125 Å². The predicted octanol–water partition coefficient (Wildman–Crippen LogP) is 2.05. The summed E-state index contributed by atoms with van der Waals surface area (Å²) < 4.78 is 10.9. The van der Waals surface area contributed by atoms with Gasteiger partial charge in [-0.1, -0.05) is 13.3 Å². The average Bonchev–Trinajstić information content (AvgIpc) is 2.53. The normalized spacial score (nSPS) is 18.4. The van der Waals surface area contributed by atoms with Crippen molar-refractivity contribution in [2.24, 2.45) is 0 Å². The number of hydrogen-bond acceptors (Lipinski definition) is 5. The Bertz CT molecular complexity index is 467. The molecule has 2 heterocycles. The van der Waals surface area contributed by atoms with Crippen LogP contribution in [0.5, 0.6) is 11.8 Å². The molecule has 2 rings (SSSR count). The maximum absolute atomic E-state index is 12.1. The van der Waals surface area contributed by atoms with Gasteiger partial charge in [0, 0.05) is 13.0 Å². The molecule has 0 spiro atoms. The van der Waals surface area contributed by atoms with Crippen LogP contribution >= 0.6 is 0 Å². The van der Waals surface area contributed by atoms with Gasteiger partial charge in [-0.05, 0) is 19.3 Å². The molecule has 0 N–H and O–H groups in total. The molecule has 1 fully saturated rings. The number of amides is 1. The highest BCUT2D eigenvalue weighted by atomic mass is 16.5. The minimum atomic E-state index is -0.0225. The van der Waals surface area contributed by atoms with Gasteiger partial charge in [-0.25, -0.2) is 0 Å². The average molecular weight is 293 g/mol. The third-order valence-corrected chi connectivity index (χ3v) is 3.56. The van der Waals surface area contributed by atoms with Gasteiger partial charge in [0.15, 0.2) is 0 Å². The minimum absolute atomic E-state index is 0.0225. The fraction of sp³-hybridized carbons (Fsp3) is 0.667. The molecule has 1 aromatic rings. The Morgan fingerprint density at radius 2 is 2.24 bits per heavy atom. The van der Waals surface area contributed by atoms with Crippen molar-refractivity contribution in [2.75, 3.05) is 20.2 Å². The summed E-state index contributed by atoms with van der Waals surface area (Å²) in [4.78, 5) is 22.2. The smallest absolute Gasteiger partial charge is 0.235 e. The molecule has 1 atom stereocenters. The fourth-order valence-corrected chi connectivity index (χ4v) is 2.40. The molecule has 1 aliphatic heterocycles. The lowest BCUT2D eigenvalue weighted by molar-refractivity contribution is -0.134. The Kier molecular flexibility index (Phi) is 5.78. The zero-order chi connectivity index (χ0) is 15.1. The molecule has 0 bridgehead atoms. The van der Waals surface area contributed by atoms with Crippen molar-refractivity contribution in [3.8, 4) is 11.8 Å². The van der Waals surface area contributed by atoms with Crippen LogP contribution in [0.4, 0.5) is 0 Å². The van der Waals surface area contributed by atoms with Gasteiger partial charge in [0.1, 0.15) is 6.10 Å². The highest BCUT2D eigenvalue weighted by molar-refractivity contribution is 5.76. The molecule has 1 saturated heterocycles. The van der Waals surface area contributed by atoms with E-state index in [2.05, 4.69) is 16.9 Å². The van der Waals surface area contributed by atoms with E-state index in [1.807, 2.05) is 4.90 Å². The van der Waals surface area contributed by atoms with E-state index in [0.29, 0.717) is 24.7 Å². The lowest BCUT2D eigenvalue weighted by Crippen LogP contribution is -2.44. The van der Waals surface area contributed by atoms with Crippen LogP contribution in [0.15, 0.2) is 12.4 Å². The number of hydrogen-bond donors (Lipinski definition) is 0. The maximum Gasteiger partial charge on any atom is 0.235 e. The number of likely N-dealkylation sites (tertiary alicyclic amines) is 1. The number of rotatable bonds is 6. The van der Waals surface area contributed by atoms with Crippen molar-refractivity contribution in [1.29, 1.82) is 0 Å². The highest BCUT2D eigenvalue weighted by Gasteiger charge is 2.24. The van der Waals surface area contributed by atoms with Crippen LogP contribution in [-0.4, -0.2) is 47.1 Å². The number of unbranched alkanes of at least 4 members (excludes halogenated alkanes) is 1. The molecule has 0 aromatic carbocycles. The van der Waals surface area contributed by atoms with Gasteiger partial charge >= 0.3 is 0 Å². The van der Waals surface area contributed by atoms with Gasteiger partial charge in [0.05, 0.1) is 26.0 Å². The number of methoxy groups -OCH3 is 1. The Morgan fingerprint density at radius 1 is 1.43 bits per heavy atom. The van der Waals surface area contributed by atoms with Gasteiger partial charge in [-0.2, -0.15) is 4.98 Å². The van der Waals surface area contributed by atoms with Crippen molar-refractivity contribution < 1.29 is 14.3 Å². The van der Waals surface area contributed by atoms with E-state index in [-0.39, 0.29) is 12.0 Å². The topological polar surface area (TPSA) is 64.6 Å². The van der Waals surface area contributed by atoms with Crippen LogP contribution in [-0.2, 0) is 4.79 Å². The molecule has 1 amide bonds. The maximum atomic E-state index is 12.1. The lowest BCUT2D eigenvalue weighted by atomic mass is 10.1. The predicted molar refractivity (Wildman–Crippen MR) is 78.3 cm³/mol. The van der Waals surface area contributed by atoms with Gasteiger partial charge < -0.3 is 14.4 Å². The summed E-state index contributed by atoms with van der Waals surface area (Å²) in [6, 6.07) is 0. The molecule has 1 unspecified atom stereocenters. The minimum Gasteiger partial charge on any atom is -0.480 e. The summed E-state index contributed by atoms with van der Waals surface area (Å²) in [7, 11) is 1.54. The Hall–Kier alpha value is -1.85. The lowest BCUT2D eigenvalue weighted by Gasteiger charge is -2.32. The van der Waals surface area contributed by atoms with Crippen LogP contribution in [0.3, 0.4) is 0 Å². The van der Waals surface area contributed by atoms with Crippen LogP contribution in [0.1, 0.15) is 39.0 Å². The van der Waals surface area contributed by atoms with Crippen LogP contribution < -0.4 is 9.47 Å². The zero-order valence-electron chi connectivity index (χ0n) is 12.7. The van der Waals surface area contributed by atoms with Crippen LogP contribution in [0, 0.1) is 0 Å². The third-order valence-electron chi connectivity index (χ3n) is 3.56. The molecule has 0 radical (unpaired) electrons. The molecule has 1 aromatic heterocycles. The fourth-order valence-electron chi connectivity index (χ4n) is 2.40. The molecule has 0 saturated carbocycles. The second-order valence-corrected chi connectivity index (χ2v) is 5.23. The van der Waals surface area contributed by atoms with E-state index in [1.54, 1.807) is 13.3 Å². The largest absolute Gasteiger partial charge is 0.480 e. The van der Waals surface area contributed by atoms with Crippen LogP contribution in [0.25, 0.3) is 0 Å². The number of carbonyl (C=O) groups excluding carboxylic acids is 1. The molecule has 21 heavy (non-hydrogen) atoms. The van der Waals surface area contributed by atoms with E-state index in [0.717, 1.165) is 32.2 Å².